The Morgan fingerprint density at radius 3 is 2.69 bits per heavy atom. The summed E-state index contributed by atoms with van der Waals surface area (Å²) in [6.07, 6.45) is 4.17. The summed E-state index contributed by atoms with van der Waals surface area (Å²) >= 11 is 1.89. The number of thioether (sulfide) groups is 1. The third-order valence-corrected chi connectivity index (χ3v) is 3.17. The lowest BCUT2D eigenvalue weighted by Crippen LogP contribution is -2.22. The number of hydrogen-bond donors (Lipinski definition) is 2. The maximum Gasteiger partial charge on any atom is 0.0914 e. The third kappa shape index (κ3) is 5.54. The van der Waals surface area contributed by atoms with Gasteiger partial charge in [0, 0.05) is 6.54 Å². The van der Waals surface area contributed by atoms with Gasteiger partial charge >= 0.3 is 0 Å². The van der Waals surface area contributed by atoms with E-state index in [1.807, 2.05) is 42.1 Å². The molecule has 1 rings (SSSR count). The highest BCUT2D eigenvalue weighted by Gasteiger charge is 2.04. The van der Waals surface area contributed by atoms with Crippen LogP contribution in [0, 0.1) is 0 Å². The van der Waals surface area contributed by atoms with Crippen LogP contribution in [0.1, 0.15) is 24.5 Å². The second kappa shape index (κ2) is 8.62. The molecule has 2 N–H and O–H groups in total. The molecule has 16 heavy (non-hydrogen) atoms. The van der Waals surface area contributed by atoms with Crippen LogP contribution in [0.2, 0.25) is 0 Å². The van der Waals surface area contributed by atoms with Gasteiger partial charge in [-0.1, -0.05) is 30.3 Å². The molecule has 1 aromatic rings. The number of unbranched alkanes of at least 4 members (excludes halogenated alkanes) is 1. The van der Waals surface area contributed by atoms with Crippen LogP contribution in [0.5, 0.6) is 0 Å². The summed E-state index contributed by atoms with van der Waals surface area (Å²) in [6.45, 7) is 1.63. The summed E-state index contributed by atoms with van der Waals surface area (Å²) in [4.78, 5) is 0. The highest BCUT2D eigenvalue weighted by molar-refractivity contribution is 7.98. The molecule has 90 valence electrons. The molecule has 0 fully saturated rings. The van der Waals surface area contributed by atoms with Crippen molar-refractivity contribution in [2.45, 2.75) is 18.9 Å². The molecule has 0 saturated heterocycles. The van der Waals surface area contributed by atoms with Crippen LogP contribution in [-0.2, 0) is 0 Å². The number of rotatable bonds is 8. The molecule has 0 aromatic heterocycles. The number of hydrogen-bond acceptors (Lipinski definition) is 3. The molecule has 0 spiro atoms. The van der Waals surface area contributed by atoms with Crippen LogP contribution in [0.4, 0.5) is 0 Å². The predicted molar refractivity (Wildman–Crippen MR) is 71.9 cm³/mol. The Morgan fingerprint density at radius 2 is 2.00 bits per heavy atom. The summed E-state index contributed by atoms with van der Waals surface area (Å²) in [5.74, 6) is 1.23. The summed E-state index contributed by atoms with van der Waals surface area (Å²) in [6, 6.07) is 9.79. The molecule has 0 saturated carbocycles. The van der Waals surface area contributed by atoms with Gasteiger partial charge in [-0.25, -0.2) is 0 Å². The largest absolute Gasteiger partial charge is 0.387 e. The second-order valence-corrected chi connectivity index (χ2v) is 4.82. The van der Waals surface area contributed by atoms with Crippen LogP contribution in [0.25, 0.3) is 0 Å². The average molecular weight is 239 g/mol. The smallest absolute Gasteiger partial charge is 0.0914 e. The number of aliphatic hydroxyl groups excluding tert-OH is 1. The highest BCUT2D eigenvalue weighted by atomic mass is 32.2. The van der Waals surface area contributed by atoms with Crippen LogP contribution >= 0.6 is 11.8 Å². The van der Waals surface area contributed by atoms with Gasteiger partial charge in [0.05, 0.1) is 6.10 Å². The molecule has 3 heteroatoms. The zero-order chi connectivity index (χ0) is 11.6. The van der Waals surface area contributed by atoms with Gasteiger partial charge in [0.15, 0.2) is 0 Å². The first-order valence-corrected chi connectivity index (χ1v) is 7.16. The molecule has 0 radical (unpaired) electrons. The molecule has 1 unspecified atom stereocenters. The Labute approximate surface area is 102 Å². The summed E-state index contributed by atoms with van der Waals surface area (Å²) < 4.78 is 0. The molecule has 1 aromatic carbocycles. The van der Waals surface area contributed by atoms with E-state index < -0.39 is 0 Å². The third-order valence-electron chi connectivity index (χ3n) is 2.47. The van der Waals surface area contributed by atoms with Gasteiger partial charge in [0.25, 0.3) is 0 Å². The molecule has 0 aliphatic rings. The zero-order valence-electron chi connectivity index (χ0n) is 9.86. The Hall–Kier alpha value is -0.510. The highest BCUT2D eigenvalue weighted by Crippen LogP contribution is 2.10. The van der Waals surface area contributed by atoms with Gasteiger partial charge in [-0.3, -0.25) is 0 Å². The van der Waals surface area contributed by atoms with Crippen molar-refractivity contribution in [2.75, 3.05) is 25.1 Å². The summed E-state index contributed by atoms with van der Waals surface area (Å²) in [5, 5.41) is 13.1. The fraction of sp³-hybridized carbons (Fsp3) is 0.538. The lowest BCUT2D eigenvalue weighted by Gasteiger charge is -2.11. The standard InChI is InChI=1S/C13H21NOS/c1-16-10-6-5-9-14-11-13(15)12-7-3-2-4-8-12/h2-4,7-8,13-15H,5-6,9-11H2,1H3. The van der Waals surface area contributed by atoms with Crippen molar-refractivity contribution in [3.63, 3.8) is 0 Å². The summed E-state index contributed by atoms with van der Waals surface area (Å²) in [7, 11) is 0. The molecule has 2 nitrogen and oxygen atoms in total. The maximum absolute atomic E-state index is 9.86. The lowest BCUT2D eigenvalue weighted by atomic mass is 10.1. The summed E-state index contributed by atoms with van der Waals surface area (Å²) in [5.41, 5.74) is 0.985. The van der Waals surface area contributed by atoms with E-state index in [2.05, 4.69) is 11.6 Å². The van der Waals surface area contributed by atoms with Gasteiger partial charge in [-0.05, 0) is 37.0 Å². The number of aliphatic hydroxyl groups is 1. The molecular weight excluding hydrogens is 218 g/mol. The molecule has 0 aliphatic carbocycles. The average Bonchev–Trinajstić information content (AvgIpc) is 2.34. The van der Waals surface area contributed by atoms with Crippen molar-refractivity contribution in [3.8, 4) is 0 Å². The van der Waals surface area contributed by atoms with Gasteiger partial charge in [-0.2, -0.15) is 11.8 Å². The number of benzene rings is 1. The van der Waals surface area contributed by atoms with E-state index in [0.29, 0.717) is 6.54 Å². The monoisotopic (exact) mass is 239 g/mol. The fourth-order valence-electron chi connectivity index (χ4n) is 1.53. The Morgan fingerprint density at radius 1 is 1.25 bits per heavy atom. The van der Waals surface area contributed by atoms with Crippen LogP contribution in [0.3, 0.4) is 0 Å². The Bertz CT molecular complexity index is 266. The molecule has 0 aliphatic heterocycles. The van der Waals surface area contributed by atoms with Crippen molar-refractivity contribution < 1.29 is 5.11 Å². The van der Waals surface area contributed by atoms with E-state index in [4.69, 9.17) is 0 Å². The van der Waals surface area contributed by atoms with Crippen molar-refractivity contribution in [3.05, 3.63) is 35.9 Å². The van der Waals surface area contributed by atoms with Crippen molar-refractivity contribution in [1.82, 2.24) is 5.32 Å². The molecule has 1 atom stereocenters. The number of nitrogens with one attached hydrogen (secondary N) is 1. The Kier molecular flexibility index (Phi) is 7.30. The van der Waals surface area contributed by atoms with Crippen molar-refractivity contribution >= 4 is 11.8 Å². The quantitative estimate of drug-likeness (QED) is 0.684. The minimum absolute atomic E-state index is 0.387. The lowest BCUT2D eigenvalue weighted by molar-refractivity contribution is 0.175. The van der Waals surface area contributed by atoms with E-state index in [-0.39, 0.29) is 6.10 Å². The van der Waals surface area contributed by atoms with Crippen molar-refractivity contribution in [1.29, 1.82) is 0 Å². The van der Waals surface area contributed by atoms with Gasteiger partial charge in [-0.15, -0.1) is 0 Å². The fourth-order valence-corrected chi connectivity index (χ4v) is 2.02. The SMILES string of the molecule is CSCCCCNCC(O)c1ccccc1. The molecule has 0 heterocycles. The van der Waals surface area contributed by atoms with E-state index in [9.17, 15) is 5.11 Å². The van der Waals surface area contributed by atoms with Gasteiger partial charge in [0.1, 0.15) is 0 Å². The molecule has 0 bridgehead atoms. The first-order chi connectivity index (χ1) is 7.84. The van der Waals surface area contributed by atoms with E-state index in [1.165, 1.54) is 18.6 Å². The van der Waals surface area contributed by atoms with Crippen LogP contribution in [0.15, 0.2) is 30.3 Å². The first kappa shape index (κ1) is 13.6. The molecule has 0 amide bonds. The minimum atomic E-state index is -0.387. The predicted octanol–water partition coefficient (Wildman–Crippen LogP) is 2.45. The van der Waals surface area contributed by atoms with E-state index in [1.54, 1.807) is 0 Å². The van der Waals surface area contributed by atoms with Gasteiger partial charge < -0.3 is 10.4 Å². The van der Waals surface area contributed by atoms with Gasteiger partial charge in [0.2, 0.25) is 0 Å². The Balaban J connectivity index is 2.09. The second-order valence-electron chi connectivity index (χ2n) is 3.83. The van der Waals surface area contributed by atoms with Crippen LogP contribution < -0.4 is 5.32 Å². The first-order valence-electron chi connectivity index (χ1n) is 5.77. The topological polar surface area (TPSA) is 32.3 Å². The van der Waals surface area contributed by atoms with Crippen LogP contribution in [-0.4, -0.2) is 30.2 Å². The van der Waals surface area contributed by atoms with Crippen molar-refractivity contribution in [2.24, 2.45) is 0 Å². The van der Waals surface area contributed by atoms with E-state index in [0.717, 1.165) is 12.1 Å². The maximum atomic E-state index is 9.86. The normalized spacial score (nSPS) is 12.6. The van der Waals surface area contributed by atoms with E-state index >= 15 is 0 Å². The zero-order valence-corrected chi connectivity index (χ0v) is 10.7. The molecular formula is C13H21NOS. The minimum Gasteiger partial charge on any atom is -0.387 e.